The van der Waals surface area contributed by atoms with Crippen molar-refractivity contribution in [3.63, 3.8) is 0 Å². The van der Waals surface area contributed by atoms with Gasteiger partial charge in [-0.1, -0.05) is 18.2 Å². The SMILES string of the molecule is COCC(=O)NC1CC2(CCN(CC#N)CC2)Oc2ccccc21.O=C(O)C(F)(F)F. The lowest BCUT2D eigenvalue weighted by Gasteiger charge is -2.46. The van der Waals surface area contributed by atoms with Gasteiger partial charge in [0.2, 0.25) is 5.91 Å². The fourth-order valence-electron chi connectivity index (χ4n) is 3.64. The van der Waals surface area contributed by atoms with Gasteiger partial charge in [-0.3, -0.25) is 9.69 Å². The molecule has 1 unspecified atom stereocenters. The minimum Gasteiger partial charge on any atom is -0.487 e. The Morgan fingerprint density at radius 1 is 1.35 bits per heavy atom. The largest absolute Gasteiger partial charge is 0.490 e. The van der Waals surface area contributed by atoms with E-state index < -0.39 is 12.1 Å². The van der Waals surface area contributed by atoms with Crippen LogP contribution < -0.4 is 10.1 Å². The van der Waals surface area contributed by atoms with Crippen LogP contribution in [0.5, 0.6) is 5.75 Å². The molecule has 170 valence electrons. The number of aliphatic carboxylic acids is 1. The number of piperidine rings is 1. The highest BCUT2D eigenvalue weighted by atomic mass is 19.4. The molecule has 0 aliphatic carbocycles. The molecule has 2 N–H and O–H groups in total. The number of carbonyl (C=O) groups excluding carboxylic acids is 1. The Morgan fingerprint density at radius 2 is 1.97 bits per heavy atom. The first-order chi connectivity index (χ1) is 14.6. The maximum absolute atomic E-state index is 12.0. The highest BCUT2D eigenvalue weighted by molar-refractivity contribution is 5.78. The predicted octanol–water partition coefficient (Wildman–Crippen LogP) is 2.26. The maximum Gasteiger partial charge on any atom is 0.490 e. The number of para-hydroxylation sites is 1. The van der Waals surface area contributed by atoms with Crippen LogP contribution in [-0.2, 0) is 14.3 Å². The number of alkyl halides is 3. The van der Waals surface area contributed by atoms with Gasteiger partial charge in [0.15, 0.2) is 0 Å². The second-order valence-corrected chi connectivity index (χ2v) is 7.32. The van der Waals surface area contributed by atoms with Crippen molar-refractivity contribution in [2.75, 3.05) is 33.4 Å². The molecule has 1 aromatic rings. The van der Waals surface area contributed by atoms with Crippen molar-refractivity contribution in [1.82, 2.24) is 10.2 Å². The summed E-state index contributed by atoms with van der Waals surface area (Å²) in [6.07, 6.45) is -2.61. The van der Waals surface area contributed by atoms with Crippen LogP contribution in [0.25, 0.3) is 0 Å². The Balaban J connectivity index is 0.000000423. The van der Waals surface area contributed by atoms with Crippen molar-refractivity contribution >= 4 is 11.9 Å². The number of hydrogen-bond acceptors (Lipinski definition) is 6. The second kappa shape index (κ2) is 10.5. The van der Waals surface area contributed by atoms with Crippen molar-refractivity contribution in [1.29, 1.82) is 5.26 Å². The number of fused-ring (bicyclic) bond motifs is 1. The number of carboxylic acids is 1. The molecule has 1 atom stereocenters. The quantitative estimate of drug-likeness (QED) is 0.687. The third-order valence-corrected chi connectivity index (χ3v) is 5.11. The van der Waals surface area contributed by atoms with Crippen molar-refractivity contribution in [2.45, 2.75) is 37.1 Å². The van der Waals surface area contributed by atoms with E-state index in [-0.39, 0.29) is 24.2 Å². The molecule has 8 nitrogen and oxygen atoms in total. The van der Waals surface area contributed by atoms with Gasteiger partial charge in [-0.25, -0.2) is 4.79 Å². The molecule has 1 aromatic carbocycles. The van der Waals surface area contributed by atoms with E-state index in [1.165, 1.54) is 7.11 Å². The number of halogens is 3. The number of carbonyl (C=O) groups is 2. The third-order valence-electron chi connectivity index (χ3n) is 5.11. The summed E-state index contributed by atoms with van der Waals surface area (Å²) in [5.74, 6) is -2.02. The fourth-order valence-corrected chi connectivity index (χ4v) is 3.64. The highest BCUT2D eigenvalue weighted by Crippen LogP contribution is 2.44. The van der Waals surface area contributed by atoms with E-state index in [2.05, 4.69) is 16.3 Å². The number of likely N-dealkylation sites (tertiary alicyclic amines) is 1. The summed E-state index contributed by atoms with van der Waals surface area (Å²) in [5, 5.41) is 19.1. The zero-order valence-electron chi connectivity index (χ0n) is 16.9. The number of methoxy groups -OCH3 is 1. The van der Waals surface area contributed by atoms with E-state index in [0.717, 1.165) is 43.7 Å². The van der Waals surface area contributed by atoms with E-state index in [0.29, 0.717) is 6.54 Å². The van der Waals surface area contributed by atoms with E-state index in [1.54, 1.807) is 0 Å². The van der Waals surface area contributed by atoms with Crippen LogP contribution in [-0.4, -0.2) is 67.0 Å². The van der Waals surface area contributed by atoms with Gasteiger partial charge in [-0.15, -0.1) is 0 Å². The van der Waals surface area contributed by atoms with E-state index in [9.17, 15) is 18.0 Å². The molecule has 0 radical (unpaired) electrons. The third kappa shape index (κ3) is 6.83. The Bertz CT molecular complexity index is 817. The lowest BCUT2D eigenvalue weighted by Crippen LogP contribution is -2.52. The van der Waals surface area contributed by atoms with Crippen molar-refractivity contribution in [3.05, 3.63) is 29.8 Å². The minimum absolute atomic E-state index is 0.0580. The van der Waals surface area contributed by atoms with Crippen LogP contribution >= 0.6 is 0 Å². The normalized spacial score (nSPS) is 19.8. The number of hydrogen-bond donors (Lipinski definition) is 2. The summed E-state index contributed by atoms with van der Waals surface area (Å²) < 4.78 is 43.0. The molecule has 1 amide bonds. The summed E-state index contributed by atoms with van der Waals surface area (Å²) in [6.45, 7) is 2.20. The summed E-state index contributed by atoms with van der Waals surface area (Å²) in [5.41, 5.74) is 0.748. The average Bonchev–Trinajstić information content (AvgIpc) is 2.70. The molecule has 0 saturated carbocycles. The zero-order chi connectivity index (χ0) is 23.1. The van der Waals surface area contributed by atoms with Crippen molar-refractivity contribution < 1.29 is 37.3 Å². The molecule has 0 bridgehead atoms. The Morgan fingerprint density at radius 3 is 2.52 bits per heavy atom. The van der Waals surface area contributed by atoms with E-state index in [4.69, 9.17) is 24.6 Å². The number of nitrogens with one attached hydrogen (secondary N) is 1. The molecule has 1 saturated heterocycles. The van der Waals surface area contributed by atoms with Gasteiger partial charge < -0.3 is 19.9 Å². The van der Waals surface area contributed by atoms with Gasteiger partial charge in [0.1, 0.15) is 18.0 Å². The van der Waals surface area contributed by atoms with Gasteiger partial charge >= 0.3 is 12.1 Å². The van der Waals surface area contributed by atoms with Crippen LogP contribution in [0, 0.1) is 11.3 Å². The zero-order valence-corrected chi connectivity index (χ0v) is 16.9. The first-order valence-corrected chi connectivity index (χ1v) is 9.56. The van der Waals surface area contributed by atoms with Crippen molar-refractivity contribution in [2.24, 2.45) is 0 Å². The van der Waals surface area contributed by atoms with Crippen molar-refractivity contribution in [3.8, 4) is 11.8 Å². The summed E-state index contributed by atoms with van der Waals surface area (Å²) in [6, 6.07) is 10.0. The minimum atomic E-state index is -5.08. The number of benzene rings is 1. The van der Waals surface area contributed by atoms with E-state index in [1.807, 2.05) is 24.3 Å². The highest BCUT2D eigenvalue weighted by Gasteiger charge is 2.43. The summed E-state index contributed by atoms with van der Waals surface area (Å²) in [7, 11) is 1.52. The Kier molecular flexibility index (Phi) is 8.24. The monoisotopic (exact) mass is 443 g/mol. The topological polar surface area (TPSA) is 112 Å². The lowest BCUT2D eigenvalue weighted by molar-refractivity contribution is -0.192. The number of amides is 1. The van der Waals surface area contributed by atoms with Gasteiger partial charge in [0.25, 0.3) is 0 Å². The van der Waals surface area contributed by atoms with Crippen LogP contribution in [0.2, 0.25) is 0 Å². The fraction of sp³-hybridized carbons (Fsp3) is 0.550. The molecule has 0 aromatic heterocycles. The van der Waals surface area contributed by atoms with Gasteiger partial charge in [-0.05, 0) is 18.9 Å². The van der Waals surface area contributed by atoms with Gasteiger partial charge in [-0.2, -0.15) is 18.4 Å². The standard InChI is InChI=1S/C18H23N3O3.C2HF3O2/c1-23-13-17(22)20-15-12-18(6-9-21(10-7-18)11-8-19)24-16-5-3-2-4-14(15)16;3-2(4,5)1(6)7/h2-5,15H,6-7,9-13H2,1H3,(H,20,22);(H,6,7). The Labute approximate surface area is 177 Å². The molecule has 2 heterocycles. The van der Waals surface area contributed by atoms with E-state index >= 15 is 0 Å². The summed E-state index contributed by atoms with van der Waals surface area (Å²) in [4.78, 5) is 23.1. The number of nitriles is 1. The number of ether oxygens (including phenoxy) is 2. The Hall–Kier alpha value is -2.84. The van der Waals surface area contributed by atoms with Crippen LogP contribution in [0.15, 0.2) is 24.3 Å². The lowest BCUT2D eigenvalue weighted by atomic mass is 9.80. The smallest absolute Gasteiger partial charge is 0.487 e. The van der Waals surface area contributed by atoms with Gasteiger partial charge in [0, 0.05) is 32.2 Å². The van der Waals surface area contributed by atoms with Crippen LogP contribution in [0.3, 0.4) is 0 Å². The molecular weight excluding hydrogens is 419 g/mol. The summed E-state index contributed by atoms with van der Waals surface area (Å²) >= 11 is 0. The molecule has 3 rings (SSSR count). The predicted molar refractivity (Wildman–Crippen MR) is 102 cm³/mol. The molecule has 2 aliphatic heterocycles. The molecule has 1 fully saturated rings. The number of nitrogens with zero attached hydrogens (tertiary/aromatic N) is 2. The average molecular weight is 443 g/mol. The maximum atomic E-state index is 12.0. The molecule has 2 aliphatic rings. The second-order valence-electron chi connectivity index (χ2n) is 7.32. The first kappa shape index (κ1) is 24.4. The number of carboxylic acid groups (broad SMARTS) is 1. The van der Waals surface area contributed by atoms with Crippen LogP contribution in [0.4, 0.5) is 13.2 Å². The molecule has 31 heavy (non-hydrogen) atoms. The van der Waals surface area contributed by atoms with Crippen LogP contribution in [0.1, 0.15) is 30.9 Å². The molecule has 11 heteroatoms. The number of rotatable bonds is 4. The van der Waals surface area contributed by atoms with Gasteiger partial charge in [0.05, 0.1) is 18.7 Å². The molecular formula is C20H24F3N3O5. The molecule has 1 spiro atoms. The first-order valence-electron chi connectivity index (χ1n) is 9.56.